The molecule has 100 valence electrons. The van der Waals surface area contributed by atoms with Gasteiger partial charge < -0.3 is 4.74 Å². The van der Waals surface area contributed by atoms with Gasteiger partial charge in [0.2, 0.25) is 0 Å². The van der Waals surface area contributed by atoms with Crippen molar-refractivity contribution in [3.05, 3.63) is 65.0 Å². The summed E-state index contributed by atoms with van der Waals surface area (Å²) in [6.45, 7) is 2.54. The van der Waals surface area contributed by atoms with Gasteiger partial charge in [0.05, 0.1) is 6.61 Å². The third kappa shape index (κ3) is 2.35. The van der Waals surface area contributed by atoms with Crippen LogP contribution in [0.15, 0.2) is 48.3 Å². The van der Waals surface area contributed by atoms with Crippen LogP contribution in [0.1, 0.15) is 28.4 Å². The van der Waals surface area contributed by atoms with Gasteiger partial charge in [0, 0.05) is 30.0 Å². The molecule has 1 aromatic heterocycles. The molecule has 3 heteroatoms. The molecule has 3 rings (SSSR count). The maximum Gasteiger partial charge on any atom is 0.189 e. The average molecular weight is 265 g/mol. The molecule has 0 fully saturated rings. The Kier molecular flexibility index (Phi) is 3.33. The molecule has 0 unspecified atom stereocenters. The van der Waals surface area contributed by atoms with Crippen LogP contribution in [-0.2, 0) is 6.42 Å². The third-order valence-corrected chi connectivity index (χ3v) is 3.36. The van der Waals surface area contributed by atoms with Crippen LogP contribution in [0, 0.1) is 0 Å². The molecule has 0 amide bonds. The second-order valence-corrected chi connectivity index (χ2v) is 4.71. The molecule has 1 aromatic carbocycles. The molecule has 0 saturated heterocycles. The monoisotopic (exact) mass is 265 g/mol. The highest BCUT2D eigenvalue weighted by Gasteiger charge is 2.25. The van der Waals surface area contributed by atoms with Crippen LogP contribution in [-0.4, -0.2) is 17.4 Å². The number of aromatic nitrogens is 1. The number of fused-ring (bicyclic) bond motifs is 1. The molecule has 20 heavy (non-hydrogen) atoms. The molecule has 0 N–H and O–H groups in total. The number of rotatable bonds is 3. The van der Waals surface area contributed by atoms with Crippen molar-refractivity contribution in [2.45, 2.75) is 13.3 Å². The first-order valence-corrected chi connectivity index (χ1v) is 6.69. The molecule has 3 nitrogen and oxygen atoms in total. The van der Waals surface area contributed by atoms with Crippen LogP contribution in [0.3, 0.4) is 0 Å². The second-order valence-electron chi connectivity index (χ2n) is 4.71. The molecule has 0 bridgehead atoms. The Morgan fingerprint density at radius 2 is 2.05 bits per heavy atom. The zero-order valence-corrected chi connectivity index (χ0v) is 11.3. The first-order chi connectivity index (χ1) is 9.78. The predicted octanol–water partition coefficient (Wildman–Crippen LogP) is 3.30. The van der Waals surface area contributed by atoms with Crippen molar-refractivity contribution in [1.82, 2.24) is 4.98 Å². The summed E-state index contributed by atoms with van der Waals surface area (Å²) in [6.07, 6.45) is 6.07. The van der Waals surface area contributed by atoms with Crippen molar-refractivity contribution in [1.29, 1.82) is 0 Å². The lowest BCUT2D eigenvalue weighted by molar-refractivity contribution is 0.104. The van der Waals surface area contributed by atoms with Crippen LogP contribution in [0.4, 0.5) is 0 Å². The number of hydrogen-bond donors (Lipinski definition) is 0. The van der Waals surface area contributed by atoms with Crippen molar-refractivity contribution in [3.8, 4) is 5.75 Å². The number of allylic oxidation sites excluding steroid dienone is 1. The van der Waals surface area contributed by atoms with Crippen LogP contribution in [0.25, 0.3) is 6.08 Å². The smallest absolute Gasteiger partial charge is 0.189 e. The molecule has 0 atom stereocenters. The Labute approximate surface area is 117 Å². The van der Waals surface area contributed by atoms with Gasteiger partial charge in [-0.05, 0) is 48.4 Å². The average Bonchev–Trinajstić information content (AvgIpc) is 2.77. The minimum absolute atomic E-state index is 0.0957. The summed E-state index contributed by atoms with van der Waals surface area (Å²) in [5, 5.41) is 0. The number of benzene rings is 1. The first-order valence-electron chi connectivity index (χ1n) is 6.69. The summed E-state index contributed by atoms with van der Waals surface area (Å²) in [6, 6.07) is 9.54. The zero-order valence-electron chi connectivity index (χ0n) is 11.3. The minimum atomic E-state index is 0.0957. The second kappa shape index (κ2) is 5.29. The molecule has 1 heterocycles. The lowest BCUT2D eigenvalue weighted by Crippen LogP contribution is -1.97. The number of pyridine rings is 1. The Morgan fingerprint density at radius 1 is 1.25 bits per heavy atom. The maximum absolute atomic E-state index is 12.4. The number of carbonyl (C=O) groups excluding carboxylic acids is 1. The summed E-state index contributed by atoms with van der Waals surface area (Å²) in [5.74, 6) is 0.850. The zero-order chi connectivity index (χ0) is 13.9. The highest BCUT2D eigenvalue weighted by Crippen LogP contribution is 2.30. The Bertz CT molecular complexity index is 675. The van der Waals surface area contributed by atoms with Crippen molar-refractivity contribution in [2.24, 2.45) is 0 Å². The number of hydrogen-bond acceptors (Lipinski definition) is 3. The summed E-state index contributed by atoms with van der Waals surface area (Å²) < 4.78 is 5.45. The van der Waals surface area contributed by atoms with E-state index in [-0.39, 0.29) is 5.78 Å². The van der Waals surface area contributed by atoms with E-state index >= 15 is 0 Å². The van der Waals surface area contributed by atoms with Crippen molar-refractivity contribution < 1.29 is 9.53 Å². The van der Waals surface area contributed by atoms with E-state index < -0.39 is 0 Å². The Balaban J connectivity index is 1.93. The standard InChI is InChI=1S/C17H15NO2/c1-2-20-15-4-3-13-10-14(17(19)16(13)11-15)9-12-5-7-18-8-6-12/h3-9,11H,2,10H2,1H3/b14-9+. The van der Waals surface area contributed by atoms with E-state index in [0.29, 0.717) is 13.0 Å². The van der Waals surface area contributed by atoms with E-state index in [0.717, 1.165) is 28.0 Å². The van der Waals surface area contributed by atoms with Crippen LogP contribution < -0.4 is 4.74 Å². The summed E-state index contributed by atoms with van der Waals surface area (Å²) in [5.41, 5.74) is 3.65. The van der Waals surface area contributed by atoms with Crippen LogP contribution in [0.5, 0.6) is 5.75 Å². The van der Waals surface area contributed by atoms with Gasteiger partial charge in [-0.15, -0.1) is 0 Å². The third-order valence-electron chi connectivity index (χ3n) is 3.36. The molecule has 0 aliphatic heterocycles. The summed E-state index contributed by atoms with van der Waals surface area (Å²) >= 11 is 0. The molecule has 1 aliphatic carbocycles. The van der Waals surface area contributed by atoms with Gasteiger partial charge in [-0.3, -0.25) is 9.78 Å². The maximum atomic E-state index is 12.4. The molecule has 2 aromatic rings. The lowest BCUT2D eigenvalue weighted by Gasteiger charge is -2.04. The number of nitrogens with zero attached hydrogens (tertiary/aromatic N) is 1. The van der Waals surface area contributed by atoms with Gasteiger partial charge in [-0.2, -0.15) is 0 Å². The lowest BCUT2D eigenvalue weighted by atomic mass is 10.1. The fourth-order valence-corrected chi connectivity index (χ4v) is 2.41. The quantitative estimate of drug-likeness (QED) is 0.799. The number of ketones is 1. The minimum Gasteiger partial charge on any atom is -0.494 e. The van der Waals surface area contributed by atoms with E-state index in [4.69, 9.17) is 4.74 Å². The largest absolute Gasteiger partial charge is 0.494 e. The van der Waals surface area contributed by atoms with E-state index in [9.17, 15) is 4.79 Å². The fourth-order valence-electron chi connectivity index (χ4n) is 2.41. The molecule has 0 saturated carbocycles. The van der Waals surface area contributed by atoms with E-state index in [2.05, 4.69) is 4.98 Å². The van der Waals surface area contributed by atoms with Crippen LogP contribution >= 0.6 is 0 Å². The molecule has 0 spiro atoms. The van der Waals surface area contributed by atoms with Gasteiger partial charge >= 0.3 is 0 Å². The molecule has 1 aliphatic rings. The Morgan fingerprint density at radius 3 is 2.80 bits per heavy atom. The van der Waals surface area contributed by atoms with E-state index in [1.165, 1.54) is 0 Å². The van der Waals surface area contributed by atoms with Crippen molar-refractivity contribution >= 4 is 11.9 Å². The van der Waals surface area contributed by atoms with Crippen molar-refractivity contribution in [2.75, 3.05) is 6.61 Å². The van der Waals surface area contributed by atoms with Gasteiger partial charge in [-0.25, -0.2) is 0 Å². The highest BCUT2D eigenvalue weighted by atomic mass is 16.5. The van der Waals surface area contributed by atoms with Gasteiger partial charge in [0.15, 0.2) is 5.78 Å². The number of ether oxygens (including phenoxy) is 1. The molecular weight excluding hydrogens is 250 g/mol. The first kappa shape index (κ1) is 12.6. The summed E-state index contributed by atoms with van der Waals surface area (Å²) in [4.78, 5) is 16.4. The normalized spacial score (nSPS) is 15.4. The van der Waals surface area contributed by atoms with E-state index in [1.807, 2.05) is 43.3 Å². The van der Waals surface area contributed by atoms with Gasteiger partial charge in [0.1, 0.15) is 5.75 Å². The highest BCUT2D eigenvalue weighted by molar-refractivity contribution is 6.15. The number of Topliss-reactive ketones (excluding diaryl/α,β-unsaturated/α-hetero) is 1. The summed E-state index contributed by atoms with van der Waals surface area (Å²) in [7, 11) is 0. The van der Waals surface area contributed by atoms with Gasteiger partial charge in [0.25, 0.3) is 0 Å². The molecule has 0 radical (unpaired) electrons. The van der Waals surface area contributed by atoms with E-state index in [1.54, 1.807) is 12.4 Å². The topological polar surface area (TPSA) is 39.2 Å². The van der Waals surface area contributed by atoms with Crippen LogP contribution in [0.2, 0.25) is 0 Å². The number of carbonyl (C=O) groups is 1. The van der Waals surface area contributed by atoms with Gasteiger partial charge in [-0.1, -0.05) is 6.07 Å². The SMILES string of the molecule is CCOc1ccc2c(c1)C(=O)/C(=C/c1ccncc1)C2. The van der Waals surface area contributed by atoms with Crippen molar-refractivity contribution in [3.63, 3.8) is 0 Å². The predicted molar refractivity (Wildman–Crippen MR) is 77.9 cm³/mol. The fraction of sp³-hybridized carbons (Fsp3) is 0.176. The Hall–Kier alpha value is -2.42. The molecular formula is C17H15NO2.